The summed E-state index contributed by atoms with van der Waals surface area (Å²) in [5, 5.41) is 3.29. The van der Waals surface area contributed by atoms with Crippen molar-refractivity contribution in [1.82, 2.24) is 9.88 Å². The van der Waals surface area contributed by atoms with Crippen LogP contribution in [0.1, 0.15) is 51.6 Å². The second-order valence-corrected chi connectivity index (χ2v) is 5.45. The van der Waals surface area contributed by atoms with Gasteiger partial charge in [-0.25, -0.2) is 4.98 Å². The molecule has 1 aromatic heterocycles. The van der Waals surface area contributed by atoms with Gasteiger partial charge in [0.1, 0.15) is 5.82 Å². The van der Waals surface area contributed by atoms with Crippen LogP contribution in [0.15, 0.2) is 18.2 Å². The molecule has 0 radical (unpaired) electrons. The van der Waals surface area contributed by atoms with E-state index in [1.165, 1.54) is 44.3 Å². The van der Waals surface area contributed by atoms with Crippen molar-refractivity contribution < 1.29 is 0 Å². The Balaban J connectivity index is 1.99. The van der Waals surface area contributed by atoms with Crippen LogP contribution in [0.5, 0.6) is 0 Å². The SMILES string of the molecule is CCCC1CCCCN1Cc1cccc(NCC)n1. The normalized spacial score (nSPS) is 20.4. The molecule has 0 amide bonds. The van der Waals surface area contributed by atoms with E-state index in [4.69, 9.17) is 4.98 Å². The summed E-state index contributed by atoms with van der Waals surface area (Å²) in [6.45, 7) is 7.56. The van der Waals surface area contributed by atoms with Crippen molar-refractivity contribution in [2.75, 3.05) is 18.4 Å². The van der Waals surface area contributed by atoms with Crippen LogP contribution >= 0.6 is 0 Å². The molecule has 2 rings (SSSR count). The molecule has 1 aliphatic rings. The zero-order valence-electron chi connectivity index (χ0n) is 12.4. The highest BCUT2D eigenvalue weighted by molar-refractivity contribution is 5.34. The van der Waals surface area contributed by atoms with Gasteiger partial charge in [-0.2, -0.15) is 0 Å². The van der Waals surface area contributed by atoms with Gasteiger partial charge >= 0.3 is 0 Å². The number of nitrogens with one attached hydrogen (secondary N) is 1. The van der Waals surface area contributed by atoms with Gasteiger partial charge in [-0.05, 0) is 44.9 Å². The smallest absolute Gasteiger partial charge is 0.126 e. The molecule has 106 valence electrons. The molecule has 0 saturated carbocycles. The number of rotatable bonds is 6. The fraction of sp³-hybridized carbons (Fsp3) is 0.688. The quantitative estimate of drug-likeness (QED) is 0.847. The summed E-state index contributed by atoms with van der Waals surface area (Å²) in [7, 11) is 0. The number of hydrogen-bond acceptors (Lipinski definition) is 3. The first kappa shape index (κ1) is 14.3. The van der Waals surface area contributed by atoms with Gasteiger partial charge in [0.2, 0.25) is 0 Å². The molecule has 1 N–H and O–H groups in total. The molecule has 19 heavy (non-hydrogen) atoms. The summed E-state index contributed by atoms with van der Waals surface area (Å²) in [5.41, 5.74) is 1.20. The van der Waals surface area contributed by atoms with Gasteiger partial charge < -0.3 is 5.32 Å². The van der Waals surface area contributed by atoms with Gasteiger partial charge in [0.15, 0.2) is 0 Å². The number of pyridine rings is 1. The standard InChI is InChI=1S/C16H27N3/c1-3-8-15-10-5-6-12-19(15)13-14-9-7-11-16(18-14)17-4-2/h7,9,11,15H,3-6,8,10,12-13H2,1-2H3,(H,17,18). The minimum atomic E-state index is 0.767. The highest BCUT2D eigenvalue weighted by atomic mass is 15.2. The fourth-order valence-corrected chi connectivity index (χ4v) is 2.98. The molecular formula is C16H27N3. The van der Waals surface area contributed by atoms with Crippen molar-refractivity contribution in [2.24, 2.45) is 0 Å². The maximum Gasteiger partial charge on any atom is 0.126 e. The van der Waals surface area contributed by atoms with Crippen LogP contribution in [0.4, 0.5) is 5.82 Å². The van der Waals surface area contributed by atoms with Crippen molar-refractivity contribution in [3.05, 3.63) is 23.9 Å². The van der Waals surface area contributed by atoms with Crippen LogP contribution in [-0.2, 0) is 6.54 Å². The predicted octanol–water partition coefficient (Wildman–Crippen LogP) is 3.67. The van der Waals surface area contributed by atoms with E-state index in [-0.39, 0.29) is 0 Å². The Morgan fingerprint density at radius 3 is 3.00 bits per heavy atom. The van der Waals surface area contributed by atoms with Gasteiger partial charge in [-0.15, -0.1) is 0 Å². The van der Waals surface area contributed by atoms with Crippen molar-refractivity contribution in [1.29, 1.82) is 0 Å². The second-order valence-electron chi connectivity index (χ2n) is 5.45. The molecule has 0 aliphatic carbocycles. The summed E-state index contributed by atoms with van der Waals surface area (Å²) in [6, 6.07) is 7.08. The minimum Gasteiger partial charge on any atom is -0.370 e. The summed E-state index contributed by atoms with van der Waals surface area (Å²) in [5.74, 6) is 1.00. The average molecular weight is 261 g/mol. The van der Waals surface area contributed by atoms with Gasteiger partial charge in [0.05, 0.1) is 5.69 Å². The number of nitrogens with zero attached hydrogens (tertiary/aromatic N) is 2. The van der Waals surface area contributed by atoms with Crippen LogP contribution in [0.3, 0.4) is 0 Å². The van der Waals surface area contributed by atoms with Gasteiger partial charge in [-0.3, -0.25) is 4.90 Å². The third-order valence-electron chi connectivity index (χ3n) is 3.90. The first-order valence-corrected chi connectivity index (χ1v) is 7.77. The molecule has 0 bridgehead atoms. The van der Waals surface area contributed by atoms with E-state index in [1.807, 2.05) is 6.07 Å². The molecule has 3 nitrogen and oxygen atoms in total. The Kier molecular flexibility index (Phi) is 5.64. The van der Waals surface area contributed by atoms with E-state index < -0.39 is 0 Å². The van der Waals surface area contributed by atoms with Gasteiger partial charge in [0, 0.05) is 19.1 Å². The average Bonchev–Trinajstić information content (AvgIpc) is 2.42. The Bertz CT molecular complexity index is 376. The predicted molar refractivity (Wildman–Crippen MR) is 81.4 cm³/mol. The van der Waals surface area contributed by atoms with Crippen LogP contribution in [0.2, 0.25) is 0 Å². The van der Waals surface area contributed by atoms with Gasteiger partial charge in [0.25, 0.3) is 0 Å². The van der Waals surface area contributed by atoms with E-state index in [2.05, 4.69) is 36.2 Å². The first-order valence-electron chi connectivity index (χ1n) is 7.77. The Morgan fingerprint density at radius 2 is 2.21 bits per heavy atom. The van der Waals surface area contributed by atoms with Crippen molar-refractivity contribution in [3.8, 4) is 0 Å². The van der Waals surface area contributed by atoms with Crippen LogP contribution in [-0.4, -0.2) is 29.0 Å². The summed E-state index contributed by atoms with van der Waals surface area (Å²) in [4.78, 5) is 7.33. The molecule has 1 unspecified atom stereocenters. The van der Waals surface area contributed by atoms with Crippen LogP contribution in [0.25, 0.3) is 0 Å². The molecule has 2 heterocycles. The number of hydrogen-bond donors (Lipinski definition) is 1. The topological polar surface area (TPSA) is 28.2 Å². The summed E-state index contributed by atoms with van der Waals surface area (Å²) < 4.78 is 0. The number of aromatic nitrogens is 1. The fourth-order valence-electron chi connectivity index (χ4n) is 2.98. The van der Waals surface area contributed by atoms with E-state index in [9.17, 15) is 0 Å². The molecular weight excluding hydrogens is 234 g/mol. The number of anilines is 1. The van der Waals surface area contributed by atoms with Crippen molar-refractivity contribution >= 4 is 5.82 Å². The summed E-state index contributed by atoms with van der Waals surface area (Å²) in [6.07, 6.45) is 6.71. The van der Waals surface area contributed by atoms with Crippen LogP contribution in [0, 0.1) is 0 Å². The monoisotopic (exact) mass is 261 g/mol. The largest absolute Gasteiger partial charge is 0.370 e. The zero-order chi connectivity index (χ0) is 13.5. The first-order chi connectivity index (χ1) is 9.33. The van der Waals surface area contributed by atoms with E-state index in [0.717, 1.165) is 24.9 Å². The van der Waals surface area contributed by atoms with Crippen molar-refractivity contribution in [2.45, 2.75) is 58.5 Å². The Morgan fingerprint density at radius 1 is 1.32 bits per heavy atom. The minimum absolute atomic E-state index is 0.767. The maximum atomic E-state index is 4.70. The number of piperidine rings is 1. The molecule has 1 aromatic rings. The zero-order valence-corrected chi connectivity index (χ0v) is 12.4. The third-order valence-corrected chi connectivity index (χ3v) is 3.90. The molecule has 1 fully saturated rings. The highest BCUT2D eigenvalue weighted by Gasteiger charge is 2.21. The number of likely N-dealkylation sites (tertiary alicyclic amines) is 1. The van der Waals surface area contributed by atoms with Crippen molar-refractivity contribution in [3.63, 3.8) is 0 Å². The molecule has 0 aromatic carbocycles. The van der Waals surface area contributed by atoms with E-state index in [1.54, 1.807) is 0 Å². The second kappa shape index (κ2) is 7.49. The molecule has 1 atom stereocenters. The Labute approximate surface area is 117 Å². The van der Waals surface area contributed by atoms with E-state index in [0.29, 0.717) is 0 Å². The molecule has 1 aliphatic heterocycles. The molecule has 1 saturated heterocycles. The third kappa shape index (κ3) is 4.20. The Hall–Kier alpha value is -1.09. The lowest BCUT2D eigenvalue weighted by Crippen LogP contribution is -2.39. The highest BCUT2D eigenvalue weighted by Crippen LogP contribution is 2.22. The van der Waals surface area contributed by atoms with E-state index >= 15 is 0 Å². The molecule has 0 spiro atoms. The summed E-state index contributed by atoms with van der Waals surface area (Å²) >= 11 is 0. The lowest BCUT2D eigenvalue weighted by molar-refractivity contribution is 0.130. The molecule has 3 heteroatoms. The maximum absolute atomic E-state index is 4.70. The lowest BCUT2D eigenvalue weighted by Gasteiger charge is -2.35. The van der Waals surface area contributed by atoms with Gasteiger partial charge in [-0.1, -0.05) is 25.8 Å². The lowest BCUT2D eigenvalue weighted by atomic mass is 9.98. The van der Waals surface area contributed by atoms with Crippen LogP contribution < -0.4 is 5.32 Å².